The molecule has 4 saturated carbocycles. The molecule has 0 aliphatic heterocycles. The Labute approximate surface area is 252 Å². The molecule has 0 bridgehead atoms. The van der Waals surface area contributed by atoms with E-state index in [2.05, 4.69) is 59.7 Å². The van der Waals surface area contributed by atoms with Crippen molar-refractivity contribution in [3.8, 4) is 0 Å². The minimum atomic E-state index is -0.480. The summed E-state index contributed by atoms with van der Waals surface area (Å²) < 4.78 is 12.1. The summed E-state index contributed by atoms with van der Waals surface area (Å²) in [5, 5.41) is 27.3. The summed E-state index contributed by atoms with van der Waals surface area (Å²) in [5.74, 6) is 1.73. The molecule has 0 spiro atoms. The number of nitrogens with zero attached hydrogens (tertiary/aromatic N) is 2. The first-order valence-electron chi connectivity index (χ1n) is 16.5. The molecule has 10 atom stereocenters. The molecule has 234 valence electrons. The molecular formula is C35H54N2O5. The van der Waals surface area contributed by atoms with E-state index in [9.17, 15) is 15.0 Å². The van der Waals surface area contributed by atoms with Crippen LogP contribution in [0.4, 0.5) is 0 Å². The summed E-state index contributed by atoms with van der Waals surface area (Å²) in [5.41, 5.74) is 2.94. The Morgan fingerprint density at radius 3 is 2.50 bits per heavy atom. The van der Waals surface area contributed by atoms with Crippen molar-refractivity contribution in [2.24, 2.45) is 39.9 Å². The van der Waals surface area contributed by atoms with Crippen LogP contribution >= 0.6 is 0 Å². The number of hydrogen-bond acceptors (Lipinski definition) is 7. The van der Waals surface area contributed by atoms with E-state index in [1.165, 1.54) is 12.5 Å². The van der Waals surface area contributed by atoms with Crippen LogP contribution in [-0.2, 0) is 16.0 Å². The SMILES string of the molecule is CCCc1noc(/C(CCC=C(C)C)=C2\[C@@H](OC(C)=O)C[C@@]3(C)[C@H]2C[C@@H](O)C2[C@]3(C)CC[C@H]3[C@H](C)[C@H](O)CC[C@]23C)n1. The van der Waals surface area contributed by atoms with Crippen molar-refractivity contribution >= 4 is 11.5 Å². The van der Waals surface area contributed by atoms with Crippen LogP contribution in [0.1, 0.15) is 125 Å². The van der Waals surface area contributed by atoms with Crippen molar-refractivity contribution in [2.45, 2.75) is 138 Å². The first kappa shape index (κ1) is 31.4. The number of carbonyl (C=O) groups is 1. The maximum atomic E-state index is 12.6. The molecule has 0 radical (unpaired) electrons. The molecule has 0 amide bonds. The number of aliphatic hydroxyl groups is 2. The topological polar surface area (TPSA) is 106 Å². The molecule has 4 aliphatic carbocycles. The average Bonchev–Trinajstić information content (AvgIpc) is 3.47. The number of carbonyl (C=O) groups excluding carboxylic acids is 1. The lowest BCUT2D eigenvalue weighted by Crippen LogP contribution is -2.65. The van der Waals surface area contributed by atoms with Gasteiger partial charge in [-0.25, -0.2) is 0 Å². The highest BCUT2D eigenvalue weighted by molar-refractivity contribution is 5.70. The van der Waals surface area contributed by atoms with Crippen LogP contribution in [0.2, 0.25) is 0 Å². The Bertz CT molecular complexity index is 1230. The van der Waals surface area contributed by atoms with Gasteiger partial charge in [-0.2, -0.15) is 4.98 Å². The highest BCUT2D eigenvalue weighted by Gasteiger charge is 2.70. The number of aryl methyl sites for hydroxylation is 1. The number of rotatable bonds is 7. The lowest BCUT2D eigenvalue weighted by Gasteiger charge is -2.69. The van der Waals surface area contributed by atoms with E-state index in [1.807, 2.05) is 0 Å². The Kier molecular flexibility index (Phi) is 8.61. The van der Waals surface area contributed by atoms with Crippen molar-refractivity contribution in [2.75, 3.05) is 0 Å². The summed E-state index contributed by atoms with van der Waals surface area (Å²) >= 11 is 0. The molecule has 42 heavy (non-hydrogen) atoms. The van der Waals surface area contributed by atoms with E-state index in [1.54, 1.807) is 0 Å². The minimum absolute atomic E-state index is 0.0353. The van der Waals surface area contributed by atoms with E-state index in [0.717, 1.165) is 62.5 Å². The van der Waals surface area contributed by atoms with Gasteiger partial charge in [0.25, 0.3) is 5.89 Å². The second-order valence-electron chi connectivity index (χ2n) is 15.1. The van der Waals surface area contributed by atoms with Gasteiger partial charge in [0.15, 0.2) is 5.82 Å². The first-order valence-corrected chi connectivity index (χ1v) is 16.5. The van der Waals surface area contributed by atoms with Gasteiger partial charge in [0.05, 0.1) is 12.2 Å². The van der Waals surface area contributed by atoms with Crippen LogP contribution in [0.15, 0.2) is 21.7 Å². The van der Waals surface area contributed by atoms with E-state index in [-0.39, 0.29) is 52.2 Å². The second kappa shape index (κ2) is 11.5. The van der Waals surface area contributed by atoms with Gasteiger partial charge >= 0.3 is 5.97 Å². The third-order valence-corrected chi connectivity index (χ3v) is 12.5. The zero-order valence-corrected chi connectivity index (χ0v) is 27.2. The third-order valence-electron chi connectivity index (χ3n) is 12.5. The van der Waals surface area contributed by atoms with Gasteiger partial charge in [-0.15, -0.1) is 0 Å². The maximum absolute atomic E-state index is 12.6. The van der Waals surface area contributed by atoms with Crippen molar-refractivity contribution < 1.29 is 24.3 Å². The van der Waals surface area contributed by atoms with Crippen molar-refractivity contribution in [3.05, 3.63) is 28.9 Å². The van der Waals surface area contributed by atoms with Crippen molar-refractivity contribution in [1.29, 1.82) is 0 Å². The van der Waals surface area contributed by atoms with Gasteiger partial charge < -0.3 is 19.5 Å². The summed E-state index contributed by atoms with van der Waals surface area (Å²) in [6, 6.07) is 0. The van der Waals surface area contributed by atoms with Crippen LogP contribution in [0.25, 0.3) is 5.57 Å². The molecule has 1 aromatic rings. The largest absolute Gasteiger partial charge is 0.458 e. The molecule has 0 aromatic carbocycles. The first-order chi connectivity index (χ1) is 19.8. The Balaban J connectivity index is 1.64. The van der Waals surface area contributed by atoms with E-state index < -0.39 is 6.10 Å². The van der Waals surface area contributed by atoms with Crippen LogP contribution in [0.3, 0.4) is 0 Å². The average molecular weight is 583 g/mol. The number of hydrogen-bond donors (Lipinski definition) is 2. The molecule has 7 nitrogen and oxygen atoms in total. The molecule has 2 N–H and O–H groups in total. The summed E-state index contributed by atoms with van der Waals surface area (Å²) in [6.45, 7) is 17.2. The Hall–Kier alpha value is -1.99. The summed E-state index contributed by atoms with van der Waals surface area (Å²) in [6.07, 6.45) is 9.45. The predicted octanol–water partition coefficient (Wildman–Crippen LogP) is 7.07. The molecule has 0 saturated heterocycles. The molecule has 5 rings (SSSR count). The Morgan fingerprint density at radius 1 is 1.10 bits per heavy atom. The van der Waals surface area contributed by atoms with Gasteiger partial charge in [0.2, 0.25) is 0 Å². The summed E-state index contributed by atoms with van der Waals surface area (Å²) in [4.78, 5) is 17.4. The van der Waals surface area contributed by atoms with Gasteiger partial charge in [0.1, 0.15) is 6.10 Å². The lowest BCUT2D eigenvalue weighted by molar-refractivity contribution is -0.234. The van der Waals surface area contributed by atoms with Gasteiger partial charge in [0, 0.05) is 18.9 Å². The zero-order valence-electron chi connectivity index (χ0n) is 27.2. The fourth-order valence-electron chi connectivity index (χ4n) is 10.5. The molecule has 1 unspecified atom stereocenters. The number of aromatic nitrogens is 2. The predicted molar refractivity (Wildman–Crippen MR) is 163 cm³/mol. The fraction of sp³-hybridized carbons (Fsp3) is 0.800. The number of esters is 1. The van der Waals surface area contributed by atoms with Crippen molar-refractivity contribution in [1.82, 2.24) is 10.1 Å². The molecule has 4 aliphatic rings. The normalized spacial score (nSPS) is 42.3. The highest BCUT2D eigenvalue weighted by Crippen LogP contribution is 2.74. The quantitative estimate of drug-likeness (QED) is 0.261. The second-order valence-corrected chi connectivity index (χ2v) is 15.1. The van der Waals surface area contributed by atoms with E-state index in [4.69, 9.17) is 14.2 Å². The standard InChI is InChI=1S/C35H54N2O5/c1-9-11-29-36-32(42-37-29)23(13-10-12-20(2)3)30-25-18-27(40)31-33(6)16-15-26(39)21(4)24(33)14-17-34(31,7)35(25,8)19-28(30)41-22(5)38/h12,21,24-28,31,39-40H,9-11,13-19H2,1-8H3/b30-23-/t21-,24-,25-,26+,27+,28-,31?,33-,34-,35-/m0/s1. The number of ether oxygens (including phenoxy) is 1. The van der Waals surface area contributed by atoms with Crippen LogP contribution in [0.5, 0.6) is 0 Å². The third kappa shape index (κ3) is 5.00. The van der Waals surface area contributed by atoms with E-state index >= 15 is 0 Å². The number of aliphatic hydroxyl groups excluding tert-OH is 2. The molecule has 4 fully saturated rings. The zero-order chi connectivity index (χ0) is 30.6. The molecule has 7 heteroatoms. The van der Waals surface area contributed by atoms with Crippen LogP contribution < -0.4 is 0 Å². The highest BCUT2D eigenvalue weighted by atomic mass is 16.5. The monoisotopic (exact) mass is 582 g/mol. The van der Waals surface area contributed by atoms with E-state index in [0.29, 0.717) is 30.5 Å². The minimum Gasteiger partial charge on any atom is -0.458 e. The number of allylic oxidation sites excluding steroid dienone is 3. The molecule has 1 aromatic heterocycles. The number of fused-ring (bicyclic) bond motifs is 5. The molecular weight excluding hydrogens is 528 g/mol. The summed E-state index contributed by atoms with van der Waals surface area (Å²) in [7, 11) is 0. The van der Waals surface area contributed by atoms with Gasteiger partial charge in [-0.1, -0.05) is 51.4 Å². The van der Waals surface area contributed by atoms with Crippen LogP contribution in [-0.4, -0.2) is 44.6 Å². The lowest BCUT2D eigenvalue weighted by atomic mass is 9.36. The van der Waals surface area contributed by atoms with Gasteiger partial charge in [-0.05, 0) is 117 Å². The fourth-order valence-corrected chi connectivity index (χ4v) is 10.5. The smallest absolute Gasteiger partial charge is 0.303 e. The maximum Gasteiger partial charge on any atom is 0.303 e. The van der Waals surface area contributed by atoms with Crippen molar-refractivity contribution in [3.63, 3.8) is 0 Å². The van der Waals surface area contributed by atoms with Crippen LogP contribution in [0, 0.1) is 39.9 Å². The molecule has 1 heterocycles. The Morgan fingerprint density at radius 2 is 1.83 bits per heavy atom. The van der Waals surface area contributed by atoms with Gasteiger partial charge in [-0.3, -0.25) is 4.79 Å².